The van der Waals surface area contributed by atoms with E-state index in [4.69, 9.17) is 4.74 Å². The molecule has 3 heterocycles. The van der Waals surface area contributed by atoms with Crippen LogP contribution < -0.4 is 15.8 Å². The number of amides is 2. The number of anilines is 1. The number of hydrogen-bond donors (Lipinski definition) is 2. The molecule has 1 aliphatic heterocycles. The van der Waals surface area contributed by atoms with Gasteiger partial charge in [0.15, 0.2) is 5.13 Å². The largest absolute Gasteiger partial charge is 0.378 e. The van der Waals surface area contributed by atoms with Crippen LogP contribution in [0.3, 0.4) is 0 Å². The van der Waals surface area contributed by atoms with Crippen LogP contribution in [0, 0.1) is 13.8 Å². The van der Waals surface area contributed by atoms with Crippen molar-refractivity contribution in [1.29, 1.82) is 0 Å². The van der Waals surface area contributed by atoms with Gasteiger partial charge >= 0.3 is 0 Å². The van der Waals surface area contributed by atoms with E-state index in [-0.39, 0.29) is 11.8 Å². The fourth-order valence-electron chi connectivity index (χ4n) is 3.32. The highest BCUT2D eigenvalue weighted by Gasteiger charge is 2.22. The summed E-state index contributed by atoms with van der Waals surface area (Å²) in [7, 11) is 0. The van der Waals surface area contributed by atoms with E-state index >= 15 is 0 Å². The lowest BCUT2D eigenvalue weighted by molar-refractivity contribution is 0.0850. The van der Waals surface area contributed by atoms with Gasteiger partial charge in [-0.25, -0.2) is 9.97 Å². The van der Waals surface area contributed by atoms with Gasteiger partial charge < -0.3 is 9.64 Å². The van der Waals surface area contributed by atoms with Crippen molar-refractivity contribution in [2.45, 2.75) is 27.2 Å². The molecule has 1 fully saturated rings. The lowest BCUT2D eigenvalue weighted by Gasteiger charge is -2.25. The minimum Gasteiger partial charge on any atom is -0.378 e. The van der Waals surface area contributed by atoms with E-state index in [1.807, 2.05) is 12.1 Å². The Kier molecular flexibility index (Phi) is 6.83. The standard InChI is InChI=1S/C22H25N5O3S2/c1-4-15-5-7-16(8-6-15)21-23-13(2)17(31-21)19(28)25-26-20(29)18-14(3)24-22(32-18)27-9-11-30-12-10-27/h5-8H,4,9-12H2,1-3H3,(H,25,28)(H,26,29). The molecule has 1 aromatic carbocycles. The van der Waals surface area contributed by atoms with Crippen LogP contribution in [0.15, 0.2) is 24.3 Å². The average molecular weight is 472 g/mol. The molecule has 0 saturated carbocycles. The van der Waals surface area contributed by atoms with Crippen molar-refractivity contribution in [3.63, 3.8) is 0 Å². The maximum absolute atomic E-state index is 12.7. The Labute approximate surface area is 194 Å². The number of aromatic nitrogens is 2. The van der Waals surface area contributed by atoms with Gasteiger partial charge in [0.1, 0.15) is 14.8 Å². The molecule has 0 bridgehead atoms. The van der Waals surface area contributed by atoms with E-state index in [2.05, 4.69) is 44.8 Å². The maximum Gasteiger partial charge on any atom is 0.281 e. The van der Waals surface area contributed by atoms with Gasteiger partial charge in [-0.1, -0.05) is 42.5 Å². The normalized spacial score (nSPS) is 13.8. The molecule has 2 aromatic heterocycles. The zero-order valence-corrected chi connectivity index (χ0v) is 19.9. The summed E-state index contributed by atoms with van der Waals surface area (Å²) in [6.45, 7) is 8.48. The Balaban J connectivity index is 1.41. The highest BCUT2D eigenvalue weighted by molar-refractivity contribution is 7.17. The van der Waals surface area contributed by atoms with E-state index < -0.39 is 0 Å². The first kappa shape index (κ1) is 22.4. The summed E-state index contributed by atoms with van der Waals surface area (Å²) in [6, 6.07) is 8.15. The topological polar surface area (TPSA) is 96.5 Å². The number of hydrogen-bond acceptors (Lipinski definition) is 8. The zero-order chi connectivity index (χ0) is 22.7. The fourth-order valence-corrected chi connectivity index (χ4v) is 5.30. The van der Waals surface area contributed by atoms with Gasteiger partial charge in [0, 0.05) is 18.7 Å². The summed E-state index contributed by atoms with van der Waals surface area (Å²) >= 11 is 2.62. The molecule has 10 heteroatoms. The second-order valence-corrected chi connectivity index (χ2v) is 9.38. The number of morpholine rings is 1. The summed E-state index contributed by atoms with van der Waals surface area (Å²) in [5.74, 6) is -0.772. The Morgan fingerprint density at radius 2 is 1.56 bits per heavy atom. The molecule has 1 saturated heterocycles. The molecule has 32 heavy (non-hydrogen) atoms. The first-order valence-electron chi connectivity index (χ1n) is 10.4. The van der Waals surface area contributed by atoms with Crippen LogP contribution in [0.25, 0.3) is 10.6 Å². The van der Waals surface area contributed by atoms with Gasteiger partial charge in [-0.05, 0) is 25.8 Å². The van der Waals surface area contributed by atoms with Crippen LogP contribution in [0.4, 0.5) is 5.13 Å². The molecule has 0 radical (unpaired) electrons. The van der Waals surface area contributed by atoms with E-state index in [1.54, 1.807) is 13.8 Å². The lowest BCUT2D eigenvalue weighted by atomic mass is 10.1. The van der Waals surface area contributed by atoms with Crippen LogP contribution in [-0.4, -0.2) is 48.1 Å². The minimum absolute atomic E-state index is 0.384. The second-order valence-electron chi connectivity index (χ2n) is 7.40. The van der Waals surface area contributed by atoms with Crippen LogP contribution in [0.1, 0.15) is 43.2 Å². The molecule has 2 N–H and O–H groups in total. The predicted octanol–water partition coefficient (Wildman–Crippen LogP) is 3.36. The van der Waals surface area contributed by atoms with E-state index in [0.29, 0.717) is 34.4 Å². The van der Waals surface area contributed by atoms with Gasteiger partial charge in [-0.15, -0.1) is 11.3 Å². The highest BCUT2D eigenvalue weighted by atomic mass is 32.1. The molecule has 0 spiro atoms. The number of thiazole rings is 2. The highest BCUT2D eigenvalue weighted by Crippen LogP contribution is 2.29. The summed E-state index contributed by atoms with van der Waals surface area (Å²) in [4.78, 5) is 37.4. The van der Waals surface area contributed by atoms with Crippen LogP contribution >= 0.6 is 22.7 Å². The third kappa shape index (κ3) is 4.82. The Hall–Kier alpha value is -2.82. The summed E-state index contributed by atoms with van der Waals surface area (Å²) < 4.78 is 5.37. The monoisotopic (exact) mass is 471 g/mol. The number of nitrogens with zero attached hydrogens (tertiary/aromatic N) is 3. The van der Waals surface area contributed by atoms with Gasteiger partial charge in [0.25, 0.3) is 11.8 Å². The van der Waals surface area contributed by atoms with E-state index in [9.17, 15) is 9.59 Å². The van der Waals surface area contributed by atoms with Crippen LogP contribution in [0.5, 0.6) is 0 Å². The molecular weight excluding hydrogens is 446 g/mol. The van der Waals surface area contributed by atoms with Gasteiger partial charge in [-0.3, -0.25) is 20.4 Å². The van der Waals surface area contributed by atoms with E-state index in [0.717, 1.165) is 35.2 Å². The molecule has 2 amide bonds. The Morgan fingerprint density at radius 1 is 0.969 bits per heavy atom. The van der Waals surface area contributed by atoms with Crippen molar-refractivity contribution < 1.29 is 14.3 Å². The van der Waals surface area contributed by atoms with Crippen molar-refractivity contribution in [3.05, 3.63) is 51.0 Å². The average Bonchev–Trinajstić information content (AvgIpc) is 3.41. The number of benzene rings is 1. The first-order valence-corrected chi connectivity index (χ1v) is 12.1. The molecule has 0 aliphatic carbocycles. The van der Waals surface area contributed by atoms with Gasteiger partial charge in [-0.2, -0.15) is 0 Å². The molecule has 168 valence electrons. The van der Waals surface area contributed by atoms with Crippen molar-refractivity contribution in [2.75, 3.05) is 31.2 Å². The molecule has 0 unspecified atom stereocenters. The third-order valence-electron chi connectivity index (χ3n) is 5.17. The van der Waals surface area contributed by atoms with Gasteiger partial charge in [0.2, 0.25) is 0 Å². The van der Waals surface area contributed by atoms with Crippen LogP contribution in [-0.2, 0) is 11.2 Å². The molecule has 8 nitrogen and oxygen atoms in total. The Morgan fingerprint density at radius 3 is 2.19 bits per heavy atom. The number of ether oxygens (including phenoxy) is 1. The van der Waals surface area contributed by atoms with Crippen molar-refractivity contribution in [1.82, 2.24) is 20.8 Å². The Bertz CT molecular complexity index is 1120. The van der Waals surface area contributed by atoms with E-state index in [1.165, 1.54) is 28.2 Å². The second kappa shape index (κ2) is 9.76. The smallest absolute Gasteiger partial charge is 0.281 e. The SMILES string of the molecule is CCc1ccc(-c2nc(C)c(C(=O)NNC(=O)c3sc(N4CCOCC4)nc3C)s2)cc1. The maximum atomic E-state index is 12.7. The van der Waals surface area contributed by atoms with Crippen molar-refractivity contribution >= 4 is 39.6 Å². The molecular formula is C22H25N5O3S2. The molecule has 1 aliphatic rings. The number of carbonyl (C=O) groups excluding carboxylic acids is 2. The third-order valence-corrected chi connectivity index (χ3v) is 7.60. The number of hydrazine groups is 1. The zero-order valence-electron chi connectivity index (χ0n) is 18.2. The van der Waals surface area contributed by atoms with Gasteiger partial charge in [0.05, 0.1) is 24.6 Å². The number of nitrogens with one attached hydrogen (secondary N) is 2. The number of aryl methyl sites for hydroxylation is 3. The predicted molar refractivity (Wildman–Crippen MR) is 126 cm³/mol. The number of carbonyl (C=O) groups is 2. The molecule has 0 atom stereocenters. The summed E-state index contributed by atoms with van der Waals surface area (Å²) in [5, 5.41) is 1.56. The lowest BCUT2D eigenvalue weighted by Crippen LogP contribution is -2.41. The summed E-state index contributed by atoms with van der Waals surface area (Å²) in [5.41, 5.74) is 8.50. The minimum atomic E-state index is -0.389. The van der Waals surface area contributed by atoms with Crippen molar-refractivity contribution in [3.8, 4) is 10.6 Å². The number of rotatable bonds is 5. The molecule has 3 aromatic rings. The van der Waals surface area contributed by atoms with Crippen molar-refractivity contribution in [2.24, 2.45) is 0 Å². The summed E-state index contributed by atoms with van der Waals surface area (Å²) in [6.07, 6.45) is 0.970. The van der Waals surface area contributed by atoms with Crippen LogP contribution in [0.2, 0.25) is 0 Å². The quantitative estimate of drug-likeness (QED) is 0.554. The molecule has 4 rings (SSSR count). The first-order chi connectivity index (χ1) is 15.5. The fraction of sp³-hybridized carbons (Fsp3) is 0.364.